The van der Waals surface area contributed by atoms with Crippen molar-refractivity contribution < 1.29 is 9.59 Å². The highest BCUT2D eigenvalue weighted by molar-refractivity contribution is 6.32. The van der Waals surface area contributed by atoms with Crippen LogP contribution in [0.2, 0.25) is 5.15 Å². The quantitative estimate of drug-likeness (QED) is 0.564. The summed E-state index contributed by atoms with van der Waals surface area (Å²) in [6, 6.07) is 9.05. The first-order valence-electron chi connectivity index (χ1n) is 10.8. The number of aromatic nitrogens is 4. The molecule has 0 saturated carbocycles. The summed E-state index contributed by atoms with van der Waals surface area (Å²) in [6.07, 6.45) is 5.37. The molecule has 174 valence electrons. The molecule has 3 aromatic rings. The molecular formula is C23H23ClN8O2. The molecule has 2 aromatic heterocycles. The number of nitrogens with zero attached hydrogens (tertiary/aromatic N) is 7. The second kappa shape index (κ2) is 8.79. The van der Waals surface area contributed by atoms with E-state index in [0.29, 0.717) is 48.7 Å². The van der Waals surface area contributed by atoms with Gasteiger partial charge in [-0.3, -0.25) is 19.3 Å². The van der Waals surface area contributed by atoms with Crippen LogP contribution in [0.1, 0.15) is 12.0 Å². The number of aryl methyl sites for hydroxylation is 1. The van der Waals surface area contributed by atoms with E-state index in [4.69, 9.17) is 16.6 Å². The molecule has 11 heteroatoms. The maximum absolute atomic E-state index is 13.8. The van der Waals surface area contributed by atoms with Crippen molar-refractivity contribution in [1.82, 2.24) is 24.6 Å². The lowest BCUT2D eigenvalue weighted by molar-refractivity contribution is -0.125. The van der Waals surface area contributed by atoms with Gasteiger partial charge in [0.15, 0.2) is 5.15 Å². The number of rotatable bonds is 5. The van der Waals surface area contributed by atoms with Crippen LogP contribution in [0.4, 0.5) is 27.9 Å². The van der Waals surface area contributed by atoms with Gasteiger partial charge in [-0.05, 0) is 24.6 Å². The number of carbonyl (C=O) groups excluding carboxylic acids is 2. The van der Waals surface area contributed by atoms with Crippen molar-refractivity contribution in [2.24, 2.45) is 7.05 Å². The van der Waals surface area contributed by atoms with Crippen molar-refractivity contribution in [3.63, 3.8) is 0 Å². The molecule has 3 amide bonds. The lowest BCUT2D eigenvalue weighted by Gasteiger charge is -2.39. The van der Waals surface area contributed by atoms with E-state index in [-0.39, 0.29) is 18.0 Å². The van der Waals surface area contributed by atoms with E-state index in [9.17, 15) is 9.59 Å². The maximum atomic E-state index is 13.8. The average molecular weight is 479 g/mol. The fourth-order valence-electron chi connectivity index (χ4n) is 4.32. The summed E-state index contributed by atoms with van der Waals surface area (Å²) in [4.78, 5) is 40.2. The number of hydrogen-bond acceptors (Lipinski definition) is 6. The highest BCUT2D eigenvalue weighted by Crippen LogP contribution is 2.35. The van der Waals surface area contributed by atoms with Crippen LogP contribution in [0.25, 0.3) is 0 Å². The lowest BCUT2D eigenvalue weighted by Crippen LogP contribution is -2.53. The fourth-order valence-corrected chi connectivity index (χ4v) is 4.54. The van der Waals surface area contributed by atoms with Gasteiger partial charge in [0.25, 0.3) is 0 Å². The summed E-state index contributed by atoms with van der Waals surface area (Å²) in [5, 5.41) is 7.48. The molecule has 1 atom stereocenters. The van der Waals surface area contributed by atoms with E-state index in [1.54, 1.807) is 38.8 Å². The third kappa shape index (κ3) is 3.96. The predicted octanol–water partition coefficient (Wildman–Crippen LogP) is 3.34. The van der Waals surface area contributed by atoms with Crippen molar-refractivity contribution in [2.45, 2.75) is 19.0 Å². The Hall–Kier alpha value is -3.92. The number of carbonyl (C=O) groups is 2. The van der Waals surface area contributed by atoms with E-state index in [0.717, 1.165) is 11.3 Å². The standard InChI is InChI=1S/C23H23ClN8O2/c1-3-19(33)30-10-9-17(13-30)32-21-15(12-31(23(32)34)16-7-5-4-6-8-16)11-25-22(27-21)26-18-14-29(2)28-20(18)24/h3-8,11,14,17H,1,9-10,12-13H2,2H3,(H,25,26,27). The minimum Gasteiger partial charge on any atom is -0.337 e. The summed E-state index contributed by atoms with van der Waals surface area (Å²) in [6.45, 7) is 4.86. The van der Waals surface area contributed by atoms with Gasteiger partial charge in [0.2, 0.25) is 11.9 Å². The van der Waals surface area contributed by atoms with Crippen LogP contribution in [0.5, 0.6) is 0 Å². The van der Waals surface area contributed by atoms with Gasteiger partial charge in [0.1, 0.15) is 5.82 Å². The van der Waals surface area contributed by atoms with E-state index in [2.05, 4.69) is 22.0 Å². The average Bonchev–Trinajstić information content (AvgIpc) is 3.45. The van der Waals surface area contributed by atoms with E-state index >= 15 is 0 Å². The van der Waals surface area contributed by atoms with Crippen molar-refractivity contribution in [3.8, 4) is 0 Å². The van der Waals surface area contributed by atoms with Gasteiger partial charge in [0.05, 0.1) is 18.3 Å². The SMILES string of the molecule is C=CC(=O)N1CCC(N2C(=O)N(c3ccccc3)Cc3cnc(Nc4cn(C)nc4Cl)nc32)C1. The molecule has 1 unspecified atom stereocenters. The Balaban J connectivity index is 1.52. The highest BCUT2D eigenvalue weighted by Gasteiger charge is 2.40. The number of urea groups is 1. The van der Waals surface area contributed by atoms with Gasteiger partial charge in [-0.25, -0.2) is 9.78 Å². The molecule has 1 N–H and O–H groups in total. The second-order valence-corrected chi connectivity index (χ2v) is 8.54. The van der Waals surface area contributed by atoms with E-state index < -0.39 is 0 Å². The molecule has 0 spiro atoms. The Morgan fingerprint density at radius 2 is 2.09 bits per heavy atom. The third-order valence-electron chi connectivity index (χ3n) is 5.95. The van der Waals surface area contributed by atoms with Gasteiger partial charge < -0.3 is 10.2 Å². The fraction of sp³-hybridized carbons (Fsp3) is 0.261. The number of amides is 3. The van der Waals surface area contributed by atoms with Crippen molar-refractivity contribution >= 4 is 46.7 Å². The zero-order chi connectivity index (χ0) is 23.8. The minimum atomic E-state index is -0.230. The van der Waals surface area contributed by atoms with Crippen LogP contribution in [0.3, 0.4) is 0 Å². The van der Waals surface area contributed by atoms with Gasteiger partial charge in [-0.1, -0.05) is 36.4 Å². The Kier molecular flexibility index (Phi) is 5.66. The Bertz CT molecular complexity index is 1260. The molecule has 2 aliphatic rings. The minimum absolute atomic E-state index is 0.150. The summed E-state index contributed by atoms with van der Waals surface area (Å²) >= 11 is 6.17. The summed E-state index contributed by atoms with van der Waals surface area (Å²) in [5.41, 5.74) is 2.15. The molecule has 1 fully saturated rings. The molecular weight excluding hydrogens is 456 g/mol. The molecule has 1 aromatic carbocycles. The first-order valence-corrected chi connectivity index (χ1v) is 11.2. The number of likely N-dealkylation sites (tertiary alicyclic amines) is 1. The first kappa shape index (κ1) is 21.9. The van der Waals surface area contributed by atoms with Crippen LogP contribution in [0, 0.1) is 0 Å². The van der Waals surface area contributed by atoms with Crippen LogP contribution in [0.15, 0.2) is 55.4 Å². The zero-order valence-electron chi connectivity index (χ0n) is 18.6. The topological polar surface area (TPSA) is 99.5 Å². The number of nitrogens with one attached hydrogen (secondary N) is 1. The second-order valence-electron chi connectivity index (χ2n) is 8.18. The molecule has 34 heavy (non-hydrogen) atoms. The smallest absolute Gasteiger partial charge is 0.330 e. The van der Waals surface area contributed by atoms with Crippen molar-refractivity contribution in [1.29, 1.82) is 0 Å². The number of halogens is 1. The van der Waals surface area contributed by atoms with Gasteiger partial charge in [0, 0.05) is 43.8 Å². The Labute approximate surface area is 201 Å². The summed E-state index contributed by atoms with van der Waals surface area (Å²) in [5.74, 6) is 0.674. The summed E-state index contributed by atoms with van der Waals surface area (Å²) in [7, 11) is 1.76. The summed E-state index contributed by atoms with van der Waals surface area (Å²) < 4.78 is 1.58. The molecule has 10 nitrogen and oxygen atoms in total. The van der Waals surface area contributed by atoms with Crippen LogP contribution >= 0.6 is 11.6 Å². The molecule has 1 saturated heterocycles. The molecule has 0 bridgehead atoms. The predicted molar refractivity (Wildman–Crippen MR) is 129 cm³/mol. The Morgan fingerprint density at radius 1 is 1.29 bits per heavy atom. The van der Waals surface area contributed by atoms with Gasteiger partial charge >= 0.3 is 6.03 Å². The van der Waals surface area contributed by atoms with Crippen molar-refractivity contribution in [3.05, 3.63) is 66.1 Å². The largest absolute Gasteiger partial charge is 0.337 e. The maximum Gasteiger partial charge on any atom is 0.330 e. The molecule has 0 aliphatic carbocycles. The van der Waals surface area contributed by atoms with E-state index in [1.165, 1.54) is 6.08 Å². The number of benzene rings is 1. The van der Waals surface area contributed by atoms with Crippen LogP contribution in [-0.2, 0) is 18.4 Å². The molecule has 2 aliphatic heterocycles. The number of hydrogen-bond donors (Lipinski definition) is 1. The van der Waals surface area contributed by atoms with Crippen LogP contribution < -0.4 is 15.1 Å². The molecule has 5 rings (SSSR count). The Morgan fingerprint density at radius 3 is 2.79 bits per heavy atom. The number of anilines is 4. The highest BCUT2D eigenvalue weighted by atomic mass is 35.5. The number of para-hydroxylation sites is 1. The normalized spacial score (nSPS) is 17.6. The molecule has 0 radical (unpaired) electrons. The first-order chi connectivity index (χ1) is 16.4. The van der Waals surface area contributed by atoms with Gasteiger partial charge in [-0.15, -0.1) is 0 Å². The monoisotopic (exact) mass is 478 g/mol. The lowest BCUT2D eigenvalue weighted by atomic mass is 10.1. The zero-order valence-corrected chi connectivity index (χ0v) is 19.3. The molecule has 4 heterocycles. The van der Waals surface area contributed by atoms with Gasteiger partial charge in [-0.2, -0.15) is 10.1 Å². The van der Waals surface area contributed by atoms with E-state index in [1.807, 2.05) is 30.3 Å². The number of fused-ring (bicyclic) bond motifs is 1. The van der Waals surface area contributed by atoms with Crippen LogP contribution in [-0.4, -0.2) is 55.7 Å². The third-order valence-corrected chi connectivity index (χ3v) is 6.23. The van der Waals surface area contributed by atoms with Crippen molar-refractivity contribution in [2.75, 3.05) is 28.2 Å².